The lowest BCUT2D eigenvalue weighted by atomic mass is 10.1. The second-order valence-corrected chi connectivity index (χ2v) is 6.65. The Balaban J connectivity index is 1.46. The van der Waals surface area contributed by atoms with Crippen LogP contribution in [0.3, 0.4) is 0 Å². The zero-order valence-electron chi connectivity index (χ0n) is 14.7. The van der Waals surface area contributed by atoms with Gasteiger partial charge in [0.15, 0.2) is 0 Å². The minimum Gasteiger partial charge on any atom is -0.307 e. The third-order valence-corrected chi connectivity index (χ3v) is 4.84. The first-order valence-electron chi connectivity index (χ1n) is 8.84. The van der Waals surface area contributed by atoms with Gasteiger partial charge in [-0.05, 0) is 63.3 Å². The number of aromatic nitrogens is 4. The maximum atomic E-state index is 12.6. The number of hydrogen-bond donors (Lipinski definition) is 1. The van der Waals surface area contributed by atoms with Gasteiger partial charge in [0, 0.05) is 24.0 Å². The number of anilines is 1. The van der Waals surface area contributed by atoms with Crippen molar-refractivity contribution in [3.05, 3.63) is 60.6 Å². The number of nitrogens with one attached hydrogen (secondary N) is 1. The monoisotopic (exact) mass is 350 g/mol. The molecule has 0 unspecified atom stereocenters. The van der Waals surface area contributed by atoms with E-state index in [-0.39, 0.29) is 5.91 Å². The first kappa shape index (κ1) is 16.5. The summed E-state index contributed by atoms with van der Waals surface area (Å²) in [6.07, 6.45) is 7.42. The van der Waals surface area contributed by atoms with Crippen molar-refractivity contribution in [2.45, 2.75) is 18.9 Å². The Bertz CT molecular complexity index is 860. The molecule has 1 saturated heterocycles. The molecule has 1 aliphatic heterocycles. The van der Waals surface area contributed by atoms with E-state index in [2.05, 4.69) is 27.5 Å². The molecule has 7 heteroatoms. The molecule has 2 aromatic heterocycles. The quantitative estimate of drug-likeness (QED) is 0.785. The van der Waals surface area contributed by atoms with E-state index < -0.39 is 0 Å². The van der Waals surface area contributed by atoms with Crippen LogP contribution in [-0.4, -0.2) is 50.5 Å². The summed E-state index contributed by atoms with van der Waals surface area (Å²) in [5, 5.41) is 11.6. The standard InChI is InChI=1S/C19H22N6O/c1-23-13-8-17(9-14-23)25-18(7-11-21-25)22-19(26)15-3-5-16(6-4-15)24-12-2-10-20-24/h2-7,10-12,17H,8-9,13-14H2,1H3,(H,22,26). The predicted molar refractivity (Wildman–Crippen MR) is 99.5 cm³/mol. The Morgan fingerprint density at radius 2 is 1.85 bits per heavy atom. The van der Waals surface area contributed by atoms with Gasteiger partial charge in [-0.2, -0.15) is 10.2 Å². The summed E-state index contributed by atoms with van der Waals surface area (Å²) in [6, 6.07) is 11.4. The van der Waals surface area contributed by atoms with E-state index >= 15 is 0 Å². The molecular weight excluding hydrogens is 328 g/mol. The fraction of sp³-hybridized carbons (Fsp3) is 0.316. The molecule has 0 aliphatic carbocycles. The van der Waals surface area contributed by atoms with E-state index in [0.717, 1.165) is 37.4 Å². The highest BCUT2D eigenvalue weighted by Gasteiger charge is 2.21. The van der Waals surface area contributed by atoms with Gasteiger partial charge in [0.05, 0.1) is 17.9 Å². The second kappa shape index (κ2) is 7.13. The van der Waals surface area contributed by atoms with Crippen molar-refractivity contribution in [2.24, 2.45) is 0 Å². The number of likely N-dealkylation sites (tertiary alicyclic amines) is 1. The average Bonchev–Trinajstić information content (AvgIpc) is 3.35. The average molecular weight is 350 g/mol. The molecule has 1 fully saturated rings. The first-order chi connectivity index (χ1) is 12.7. The van der Waals surface area contributed by atoms with Crippen LogP contribution in [0.1, 0.15) is 29.2 Å². The Labute approximate surface area is 152 Å². The number of hydrogen-bond acceptors (Lipinski definition) is 4. The van der Waals surface area contributed by atoms with Gasteiger partial charge in [-0.1, -0.05) is 0 Å². The molecule has 0 radical (unpaired) electrons. The summed E-state index contributed by atoms with van der Waals surface area (Å²) in [6.45, 7) is 2.10. The van der Waals surface area contributed by atoms with Crippen molar-refractivity contribution in [3.8, 4) is 5.69 Å². The fourth-order valence-corrected chi connectivity index (χ4v) is 3.32. The second-order valence-electron chi connectivity index (χ2n) is 6.65. The number of piperidine rings is 1. The summed E-state index contributed by atoms with van der Waals surface area (Å²) in [4.78, 5) is 14.9. The lowest BCUT2D eigenvalue weighted by Crippen LogP contribution is -2.32. The molecule has 0 bridgehead atoms. The third-order valence-electron chi connectivity index (χ3n) is 4.84. The minimum absolute atomic E-state index is 0.133. The van der Waals surface area contributed by atoms with Gasteiger partial charge >= 0.3 is 0 Å². The molecular formula is C19H22N6O. The highest BCUT2D eigenvalue weighted by molar-refractivity contribution is 6.03. The van der Waals surface area contributed by atoms with Gasteiger partial charge in [-0.15, -0.1) is 0 Å². The van der Waals surface area contributed by atoms with E-state index in [0.29, 0.717) is 11.6 Å². The molecule has 3 aromatic rings. The largest absolute Gasteiger partial charge is 0.307 e. The lowest BCUT2D eigenvalue weighted by molar-refractivity contribution is 0.102. The van der Waals surface area contributed by atoms with Crippen LogP contribution < -0.4 is 5.32 Å². The molecule has 0 spiro atoms. The van der Waals surface area contributed by atoms with Crippen LogP contribution in [0, 0.1) is 0 Å². The summed E-state index contributed by atoms with van der Waals surface area (Å²) < 4.78 is 3.71. The van der Waals surface area contributed by atoms with E-state index in [1.165, 1.54) is 0 Å². The van der Waals surface area contributed by atoms with Crippen LogP contribution in [0.5, 0.6) is 0 Å². The van der Waals surface area contributed by atoms with Crippen LogP contribution in [0.4, 0.5) is 5.82 Å². The summed E-state index contributed by atoms with van der Waals surface area (Å²) in [5.74, 6) is 0.618. The molecule has 7 nitrogen and oxygen atoms in total. The fourth-order valence-electron chi connectivity index (χ4n) is 3.32. The Kier molecular flexibility index (Phi) is 4.53. The maximum absolute atomic E-state index is 12.6. The Morgan fingerprint density at radius 3 is 2.54 bits per heavy atom. The molecule has 1 aliphatic rings. The van der Waals surface area contributed by atoms with Crippen LogP contribution in [0.25, 0.3) is 5.69 Å². The number of amides is 1. The zero-order chi connectivity index (χ0) is 17.9. The van der Waals surface area contributed by atoms with E-state index in [1.807, 2.05) is 47.3 Å². The minimum atomic E-state index is -0.133. The summed E-state index contributed by atoms with van der Waals surface area (Å²) in [7, 11) is 2.13. The predicted octanol–water partition coefficient (Wildman–Crippen LogP) is 2.59. The molecule has 0 saturated carbocycles. The van der Waals surface area contributed by atoms with Crippen molar-refractivity contribution in [3.63, 3.8) is 0 Å². The van der Waals surface area contributed by atoms with Crippen LogP contribution in [0.15, 0.2) is 55.0 Å². The van der Waals surface area contributed by atoms with E-state index in [9.17, 15) is 4.79 Å². The van der Waals surface area contributed by atoms with Crippen molar-refractivity contribution in [2.75, 3.05) is 25.5 Å². The first-order valence-corrected chi connectivity index (χ1v) is 8.84. The van der Waals surface area contributed by atoms with Crippen LogP contribution >= 0.6 is 0 Å². The van der Waals surface area contributed by atoms with Gasteiger partial charge in [-0.3, -0.25) is 4.79 Å². The van der Waals surface area contributed by atoms with Gasteiger partial charge in [0.1, 0.15) is 5.82 Å². The molecule has 3 heterocycles. The topological polar surface area (TPSA) is 68.0 Å². The molecule has 1 N–H and O–H groups in total. The highest BCUT2D eigenvalue weighted by Crippen LogP contribution is 2.25. The summed E-state index contributed by atoms with van der Waals surface area (Å²) >= 11 is 0. The van der Waals surface area contributed by atoms with Gasteiger partial charge in [0.25, 0.3) is 5.91 Å². The molecule has 134 valence electrons. The third kappa shape index (κ3) is 3.39. The van der Waals surface area contributed by atoms with E-state index in [1.54, 1.807) is 17.1 Å². The number of nitrogens with zero attached hydrogens (tertiary/aromatic N) is 5. The number of rotatable bonds is 4. The Morgan fingerprint density at radius 1 is 1.08 bits per heavy atom. The molecule has 0 atom stereocenters. The lowest BCUT2D eigenvalue weighted by Gasteiger charge is -2.30. The number of carbonyl (C=O) groups excluding carboxylic acids is 1. The van der Waals surface area contributed by atoms with Gasteiger partial charge < -0.3 is 10.2 Å². The highest BCUT2D eigenvalue weighted by atomic mass is 16.1. The van der Waals surface area contributed by atoms with Crippen LogP contribution in [0.2, 0.25) is 0 Å². The molecule has 4 rings (SSSR count). The zero-order valence-corrected chi connectivity index (χ0v) is 14.7. The van der Waals surface area contributed by atoms with Crippen molar-refractivity contribution in [1.82, 2.24) is 24.5 Å². The number of benzene rings is 1. The summed E-state index contributed by atoms with van der Waals surface area (Å²) in [5.41, 5.74) is 1.53. The molecule has 26 heavy (non-hydrogen) atoms. The smallest absolute Gasteiger partial charge is 0.256 e. The Hall–Kier alpha value is -2.93. The molecule has 1 amide bonds. The van der Waals surface area contributed by atoms with Gasteiger partial charge in [-0.25, -0.2) is 9.36 Å². The van der Waals surface area contributed by atoms with Crippen molar-refractivity contribution < 1.29 is 4.79 Å². The van der Waals surface area contributed by atoms with Crippen molar-refractivity contribution >= 4 is 11.7 Å². The normalized spacial score (nSPS) is 15.9. The van der Waals surface area contributed by atoms with Gasteiger partial charge in [0.2, 0.25) is 0 Å². The van der Waals surface area contributed by atoms with Crippen molar-refractivity contribution in [1.29, 1.82) is 0 Å². The molecule has 1 aromatic carbocycles. The van der Waals surface area contributed by atoms with Crippen LogP contribution in [-0.2, 0) is 0 Å². The SMILES string of the molecule is CN1CCC(n2nccc2NC(=O)c2ccc(-n3cccn3)cc2)CC1. The van der Waals surface area contributed by atoms with E-state index in [4.69, 9.17) is 0 Å². The maximum Gasteiger partial charge on any atom is 0.256 e. The number of carbonyl (C=O) groups is 1.